The van der Waals surface area contributed by atoms with Crippen molar-refractivity contribution in [2.24, 2.45) is 0 Å². The number of hydrogen-bond donors (Lipinski definition) is 0. The highest BCUT2D eigenvalue weighted by Crippen LogP contribution is 2.16. The van der Waals surface area contributed by atoms with Gasteiger partial charge in [0.1, 0.15) is 13.2 Å². The van der Waals surface area contributed by atoms with E-state index in [2.05, 4.69) is 130 Å². The molecule has 0 spiro atoms. The van der Waals surface area contributed by atoms with E-state index >= 15 is 0 Å². The molecule has 6 heteroatoms. The Morgan fingerprint density at radius 2 is 0.597 bits per heavy atom. The number of rotatable bonds is 51. The first kappa shape index (κ1) is 67.5. The van der Waals surface area contributed by atoms with Crippen molar-refractivity contribution in [1.29, 1.82) is 0 Å². The molecule has 0 fully saturated rings. The van der Waals surface area contributed by atoms with Crippen molar-refractivity contribution >= 4 is 17.9 Å². The van der Waals surface area contributed by atoms with E-state index in [0.29, 0.717) is 12.8 Å². The van der Waals surface area contributed by atoms with Gasteiger partial charge < -0.3 is 14.2 Å². The second-order valence-corrected chi connectivity index (χ2v) is 18.8. The lowest BCUT2D eigenvalue weighted by atomic mass is 10.0. The van der Waals surface area contributed by atoms with E-state index in [4.69, 9.17) is 14.2 Å². The zero-order valence-corrected chi connectivity index (χ0v) is 46.4. The van der Waals surface area contributed by atoms with Gasteiger partial charge in [0.05, 0.1) is 6.42 Å². The predicted molar refractivity (Wildman–Crippen MR) is 311 cm³/mol. The zero-order valence-electron chi connectivity index (χ0n) is 46.4. The summed E-state index contributed by atoms with van der Waals surface area (Å²) in [4.78, 5) is 38.1. The van der Waals surface area contributed by atoms with Crippen LogP contribution in [0.2, 0.25) is 0 Å². The van der Waals surface area contributed by atoms with E-state index in [9.17, 15) is 14.4 Å². The molecule has 0 aliphatic carbocycles. The Morgan fingerprint density at radius 3 is 0.944 bits per heavy atom. The Morgan fingerprint density at radius 1 is 0.306 bits per heavy atom. The lowest BCUT2D eigenvalue weighted by Crippen LogP contribution is -2.30. The summed E-state index contributed by atoms with van der Waals surface area (Å²) in [6.45, 7) is 6.27. The third kappa shape index (κ3) is 56.5. The van der Waals surface area contributed by atoms with Gasteiger partial charge in [-0.1, -0.05) is 276 Å². The van der Waals surface area contributed by atoms with E-state index < -0.39 is 18.0 Å². The quantitative estimate of drug-likeness (QED) is 0.0261. The molecule has 0 saturated heterocycles. The standard InChI is InChI=1S/C66H106O6/c1-4-7-10-13-16-19-22-25-28-30-32-34-35-38-41-44-47-50-53-56-59-65(68)71-62-63(61-70-64(67)58-55-52-49-46-43-40-37-27-24-21-18-15-12-9-6-3)72-66(69)60-57-54-51-48-45-42-39-36-33-31-29-26-23-20-17-14-11-8-5-2/h8-9,11-12,17-18,20-21,26-27,29,33,36-37,42-43,45-46,51-52,54-55,63H,4-7,10,13-16,19,22-25,28,30-32,34-35,38-41,44,47-50,53,56-62H2,1-3H3/b11-8-,12-9-,20-17-,21-18-,29-26-,36-33-,37-27-,45-42-,46-43-,54-51-,55-52-. The maximum atomic E-state index is 12.8. The van der Waals surface area contributed by atoms with Crippen LogP contribution in [-0.2, 0) is 28.6 Å². The van der Waals surface area contributed by atoms with Crippen LogP contribution in [-0.4, -0.2) is 37.2 Å². The van der Waals surface area contributed by atoms with Crippen LogP contribution in [0.3, 0.4) is 0 Å². The van der Waals surface area contributed by atoms with Crippen molar-refractivity contribution in [1.82, 2.24) is 0 Å². The topological polar surface area (TPSA) is 78.9 Å². The van der Waals surface area contributed by atoms with Gasteiger partial charge in [-0.25, -0.2) is 0 Å². The Bertz CT molecular complexity index is 1560. The molecule has 0 aliphatic rings. The van der Waals surface area contributed by atoms with E-state index in [-0.39, 0.29) is 32.0 Å². The number of carbonyl (C=O) groups excluding carboxylic acids is 3. The summed E-state index contributed by atoms with van der Waals surface area (Å²) >= 11 is 0. The van der Waals surface area contributed by atoms with E-state index in [1.165, 1.54) is 109 Å². The Hall–Kier alpha value is -4.45. The second-order valence-electron chi connectivity index (χ2n) is 18.8. The minimum atomic E-state index is -0.862. The van der Waals surface area contributed by atoms with E-state index in [0.717, 1.165) is 89.9 Å². The fraction of sp³-hybridized carbons (Fsp3) is 0.621. The first-order chi connectivity index (χ1) is 35.5. The van der Waals surface area contributed by atoms with Crippen LogP contribution in [0, 0.1) is 0 Å². The fourth-order valence-electron chi connectivity index (χ4n) is 7.66. The molecule has 72 heavy (non-hydrogen) atoms. The average molecular weight is 996 g/mol. The van der Waals surface area contributed by atoms with E-state index in [1.54, 1.807) is 6.08 Å². The number of hydrogen-bond acceptors (Lipinski definition) is 6. The molecule has 406 valence electrons. The molecule has 1 unspecified atom stereocenters. The predicted octanol–water partition coefficient (Wildman–Crippen LogP) is 19.8. The van der Waals surface area contributed by atoms with Crippen LogP contribution in [0.25, 0.3) is 0 Å². The molecule has 0 bridgehead atoms. The van der Waals surface area contributed by atoms with Crippen molar-refractivity contribution < 1.29 is 28.6 Å². The van der Waals surface area contributed by atoms with Gasteiger partial charge in [-0.2, -0.15) is 0 Å². The minimum Gasteiger partial charge on any atom is -0.462 e. The van der Waals surface area contributed by atoms with Gasteiger partial charge in [-0.15, -0.1) is 0 Å². The number of ether oxygens (including phenoxy) is 3. The Labute approximate surface area is 443 Å². The molecule has 0 heterocycles. The summed E-state index contributed by atoms with van der Waals surface area (Å²) in [6.07, 6.45) is 83.5. The van der Waals surface area contributed by atoms with Gasteiger partial charge in [0.25, 0.3) is 0 Å². The van der Waals surface area contributed by atoms with Crippen molar-refractivity contribution in [2.45, 2.75) is 252 Å². The molecule has 6 nitrogen and oxygen atoms in total. The SMILES string of the molecule is CC/C=C\C/C=C\C/C=C\C/C=C\C/C=C\C/C=C\CCC(=O)OC(COC(=O)C/C=C\C/C=C\C/C=C\C/C=C\C/C=C\CC)COC(=O)CCCCCCCCCCCCCCCCCCCCCC. The number of allylic oxidation sites excluding steroid dienone is 21. The van der Waals surface area contributed by atoms with Crippen LogP contribution in [0.15, 0.2) is 134 Å². The van der Waals surface area contributed by atoms with Crippen LogP contribution < -0.4 is 0 Å². The largest absolute Gasteiger partial charge is 0.462 e. The third-order valence-corrected chi connectivity index (χ3v) is 11.9. The number of carbonyl (C=O) groups is 3. The van der Waals surface area contributed by atoms with E-state index in [1.807, 2.05) is 18.2 Å². The van der Waals surface area contributed by atoms with Crippen LogP contribution >= 0.6 is 0 Å². The number of unbranched alkanes of at least 4 members (excludes halogenated alkanes) is 19. The maximum Gasteiger partial charge on any atom is 0.309 e. The average Bonchev–Trinajstić information content (AvgIpc) is 3.38. The number of esters is 3. The van der Waals surface area contributed by atoms with Gasteiger partial charge in [-0.3, -0.25) is 14.4 Å². The summed E-state index contributed by atoms with van der Waals surface area (Å²) in [7, 11) is 0. The van der Waals surface area contributed by atoms with Crippen LogP contribution in [0.4, 0.5) is 0 Å². The molecule has 0 aliphatic heterocycles. The summed E-state index contributed by atoms with van der Waals surface area (Å²) in [6, 6.07) is 0. The maximum absolute atomic E-state index is 12.8. The molecule has 0 amide bonds. The molecule has 0 radical (unpaired) electrons. The highest BCUT2D eigenvalue weighted by Gasteiger charge is 2.19. The van der Waals surface area contributed by atoms with Crippen LogP contribution in [0.1, 0.15) is 245 Å². The molecule has 0 aromatic heterocycles. The Kier molecular flexibility index (Phi) is 55.5. The summed E-state index contributed by atoms with van der Waals surface area (Å²) in [5.41, 5.74) is 0. The molecular weight excluding hydrogens is 889 g/mol. The molecule has 0 N–H and O–H groups in total. The van der Waals surface area contributed by atoms with Crippen LogP contribution in [0.5, 0.6) is 0 Å². The lowest BCUT2D eigenvalue weighted by Gasteiger charge is -2.18. The van der Waals surface area contributed by atoms with Gasteiger partial charge >= 0.3 is 17.9 Å². The lowest BCUT2D eigenvalue weighted by molar-refractivity contribution is -0.166. The minimum absolute atomic E-state index is 0.107. The van der Waals surface area contributed by atoms with Gasteiger partial charge in [0.15, 0.2) is 6.10 Å². The van der Waals surface area contributed by atoms with Crippen molar-refractivity contribution in [3.8, 4) is 0 Å². The second kappa shape index (κ2) is 59.1. The fourth-order valence-corrected chi connectivity index (χ4v) is 7.66. The van der Waals surface area contributed by atoms with Gasteiger partial charge in [0, 0.05) is 12.8 Å². The monoisotopic (exact) mass is 995 g/mol. The summed E-state index contributed by atoms with van der Waals surface area (Å²) < 4.78 is 16.7. The van der Waals surface area contributed by atoms with Crippen molar-refractivity contribution in [3.63, 3.8) is 0 Å². The smallest absolute Gasteiger partial charge is 0.309 e. The summed E-state index contributed by atoms with van der Waals surface area (Å²) in [5, 5.41) is 0. The first-order valence-electron chi connectivity index (χ1n) is 29.2. The highest BCUT2D eigenvalue weighted by molar-refractivity contribution is 5.72. The molecular formula is C66H106O6. The molecule has 0 aromatic carbocycles. The van der Waals surface area contributed by atoms with Gasteiger partial charge in [0.2, 0.25) is 0 Å². The highest BCUT2D eigenvalue weighted by atomic mass is 16.6. The molecule has 0 saturated carbocycles. The van der Waals surface area contributed by atoms with Gasteiger partial charge in [-0.05, 0) is 83.5 Å². The summed E-state index contributed by atoms with van der Waals surface area (Å²) in [5.74, 6) is -1.16. The third-order valence-electron chi connectivity index (χ3n) is 11.9. The van der Waals surface area contributed by atoms with Crippen molar-refractivity contribution in [3.05, 3.63) is 134 Å². The molecule has 1 atom stereocenters. The zero-order chi connectivity index (χ0) is 52.2. The van der Waals surface area contributed by atoms with Crippen molar-refractivity contribution in [2.75, 3.05) is 13.2 Å². The molecule has 0 aromatic rings. The Balaban J connectivity index is 4.57. The first-order valence-corrected chi connectivity index (χ1v) is 29.2. The normalized spacial score (nSPS) is 13.1. The molecule has 0 rings (SSSR count).